The van der Waals surface area contributed by atoms with Crippen molar-refractivity contribution in [1.29, 1.82) is 0 Å². The number of unbranched alkanes of at least 4 members (excludes halogenated alkanes) is 5. The first-order valence-electron chi connectivity index (χ1n) is 10.1. The summed E-state index contributed by atoms with van der Waals surface area (Å²) in [6, 6.07) is 1.14. The van der Waals surface area contributed by atoms with Crippen molar-refractivity contribution in [2.75, 3.05) is 6.61 Å². The lowest BCUT2D eigenvalue weighted by Crippen LogP contribution is -2.56. The minimum Gasteiger partial charge on any atom is -0.437 e. The molecule has 0 aromatic carbocycles. The van der Waals surface area contributed by atoms with E-state index in [2.05, 4.69) is 46.2 Å². The average molecular weight is 409 g/mol. The first-order valence-corrected chi connectivity index (χ1v) is 19.1. The zero-order valence-corrected chi connectivity index (χ0v) is 20.9. The van der Waals surface area contributed by atoms with Crippen LogP contribution in [-0.2, 0) is 8.23 Å². The van der Waals surface area contributed by atoms with Gasteiger partial charge < -0.3 is 18.4 Å². The lowest BCUT2D eigenvalue weighted by molar-refractivity contribution is 0.204. The van der Waals surface area contributed by atoms with E-state index in [0.717, 1.165) is 31.7 Å². The van der Waals surface area contributed by atoms with Gasteiger partial charge in [0, 0.05) is 6.61 Å². The van der Waals surface area contributed by atoms with E-state index < -0.39 is 25.2 Å². The highest BCUT2D eigenvalue weighted by atomic mass is 28.5. The number of aliphatic hydroxyl groups is 2. The van der Waals surface area contributed by atoms with Crippen molar-refractivity contribution in [1.82, 2.24) is 0 Å². The Hall–Kier alpha value is 0.491. The third kappa shape index (κ3) is 12.5. The molecule has 1 atom stereocenters. The molecule has 0 bridgehead atoms. The number of hydrogen-bond donors (Lipinski definition) is 2. The lowest BCUT2D eigenvalue weighted by atomic mass is 10.2. The third-order valence-corrected chi connectivity index (χ3v) is 16.3. The summed E-state index contributed by atoms with van der Waals surface area (Å²) in [7, 11) is -6.14. The van der Waals surface area contributed by atoms with Gasteiger partial charge in [0.1, 0.15) is 0 Å². The molecular weight excluding hydrogens is 364 g/mol. The summed E-state index contributed by atoms with van der Waals surface area (Å²) >= 11 is 0. The normalized spacial score (nSPS) is 14.8. The van der Waals surface area contributed by atoms with E-state index in [9.17, 15) is 5.11 Å². The Balaban J connectivity index is 4.46. The molecule has 0 saturated heterocycles. The fraction of sp³-hybridized carbons (Fsp3) is 1.00. The van der Waals surface area contributed by atoms with Crippen LogP contribution in [0.1, 0.15) is 58.3 Å². The summed E-state index contributed by atoms with van der Waals surface area (Å²) in [5.74, 6) is 0. The van der Waals surface area contributed by atoms with Gasteiger partial charge in [-0.15, -0.1) is 0 Å². The predicted molar refractivity (Wildman–Crippen MR) is 115 cm³/mol. The van der Waals surface area contributed by atoms with Crippen LogP contribution >= 0.6 is 0 Å². The van der Waals surface area contributed by atoms with Gasteiger partial charge in [0.15, 0.2) is 8.32 Å². The molecule has 4 nitrogen and oxygen atoms in total. The highest BCUT2D eigenvalue weighted by Gasteiger charge is 2.42. The summed E-state index contributed by atoms with van der Waals surface area (Å²) in [4.78, 5) is 0. The Morgan fingerprint density at radius 3 is 1.96 bits per heavy atom. The van der Waals surface area contributed by atoms with E-state index in [1.54, 1.807) is 0 Å². The van der Waals surface area contributed by atoms with E-state index in [4.69, 9.17) is 13.3 Å². The Kier molecular flexibility index (Phi) is 12.3. The maximum Gasteiger partial charge on any atom is 0.311 e. The first kappa shape index (κ1) is 25.5. The van der Waals surface area contributed by atoms with Crippen LogP contribution < -0.4 is 0 Å². The molecule has 0 saturated carbocycles. The van der Waals surface area contributed by atoms with Gasteiger partial charge in [0.25, 0.3) is 0 Å². The van der Waals surface area contributed by atoms with Gasteiger partial charge in [-0.3, -0.25) is 0 Å². The van der Waals surface area contributed by atoms with Gasteiger partial charge in [0.2, 0.25) is 8.32 Å². The molecule has 0 aromatic heterocycles. The van der Waals surface area contributed by atoms with Crippen molar-refractivity contribution >= 4 is 25.2 Å². The molecule has 25 heavy (non-hydrogen) atoms. The quantitative estimate of drug-likeness (QED) is 0.290. The summed E-state index contributed by atoms with van der Waals surface area (Å²) < 4.78 is 13.1. The average Bonchev–Trinajstić information content (AvgIpc) is 2.44. The fourth-order valence-corrected chi connectivity index (χ4v) is 17.3. The van der Waals surface area contributed by atoms with Crippen molar-refractivity contribution in [2.45, 2.75) is 109 Å². The molecular formula is C18H44O4Si3. The van der Waals surface area contributed by atoms with Crippen molar-refractivity contribution in [3.63, 3.8) is 0 Å². The van der Waals surface area contributed by atoms with Crippen molar-refractivity contribution in [3.8, 4) is 0 Å². The van der Waals surface area contributed by atoms with Gasteiger partial charge >= 0.3 is 8.56 Å². The van der Waals surface area contributed by atoms with Crippen LogP contribution in [0, 0.1) is 0 Å². The van der Waals surface area contributed by atoms with Gasteiger partial charge in [-0.2, -0.15) is 0 Å². The van der Waals surface area contributed by atoms with Crippen LogP contribution in [0.3, 0.4) is 0 Å². The molecule has 0 amide bonds. The molecule has 152 valence electrons. The first-order chi connectivity index (χ1) is 11.5. The van der Waals surface area contributed by atoms with Gasteiger partial charge in [-0.25, -0.2) is 0 Å². The van der Waals surface area contributed by atoms with E-state index in [1.807, 2.05) is 0 Å². The van der Waals surface area contributed by atoms with Crippen molar-refractivity contribution in [2.24, 2.45) is 0 Å². The Morgan fingerprint density at radius 2 is 1.40 bits per heavy atom. The Bertz CT molecular complexity index is 349. The monoisotopic (exact) mass is 408 g/mol. The van der Waals surface area contributed by atoms with Crippen LogP contribution in [0.25, 0.3) is 0 Å². The second kappa shape index (κ2) is 12.0. The van der Waals surface area contributed by atoms with Crippen molar-refractivity contribution in [3.05, 3.63) is 0 Å². The van der Waals surface area contributed by atoms with E-state index >= 15 is 0 Å². The second-order valence-corrected chi connectivity index (χ2v) is 21.2. The van der Waals surface area contributed by atoms with E-state index in [-0.39, 0.29) is 5.73 Å². The van der Waals surface area contributed by atoms with Crippen LogP contribution in [0.5, 0.6) is 0 Å². The predicted octanol–water partition coefficient (Wildman–Crippen LogP) is 5.16. The number of aliphatic hydroxyl groups excluding tert-OH is 2. The van der Waals surface area contributed by atoms with Gasteiger partial charge in [-0.1, -0.05) is 45.4 Å². The maximum absolute atomic E-state index is 10.6. The molecule has 0 aliphatic rings. The van der Waals surface area contributed by atoms with Crippen molar-refractivity contribution < 1.29 is 18.4 Å². The molecule has 0 spiro atoms. The molecule has 0 aliphatic carbocycles. The molecule has 0 aliphatic heterocycles. The molecule has 0 rings (SSSR count). The number of rotatable bonds is 15. The third-order valence-electron chi connectivity index (χ3n) is 4.60. The standard InChI is InChI=1S/C18H44O4Si3/c1-8-9-12-15-18(20)24(4,5)22-25(6,7)21-23(2,3)17-14-11-10-13-16-19/h18-20H,8-17H2,1-7H3. The summed E-state index contributed by atoms with van der Waals surface area (Å²) in [6.45, 7) is 15.6. The zero-order chi connectivity index (χ0) is 19.6. The minimum atomic E-state index is -2.24. The van der Waals surface area contributed by atoms with Gasteiger partial charge in [0.05, 0.1) is 5.73 Å². The second-order valence-electron chi connectivity index (χ2n) is 8.87. The summed E-state index contributed by atoms with van der Waals surface area (Å²) in [5, 5.41) is 19.4. The van der Waals surface area contributed by atoms with Crippen LogP contribution in [-0.4, -0.2) is 47.7 Å². The molecule has 1 unspecified atom stereocenters. The number of hydrogen-bond acceptors (Lipinski definition) is 4. The largest absolute Gasteiger partial charge is 0.437 e. The molecule has 0 heterocycles. The SMILES string of the molecule is CCCCCC(O)[Si](C)(C)O[Si](C)(C)O[Si](C)(C)CCCCCCO. The molecule has 0 fully saturated rings. The molecule has 2 N–H and O–H groups in total. The van der Waals surface area contributed by atoms with E-state index in [0.29, 0.717) is 6.61 Å². The topological polar surface area (TPSA) is 58.9 Å². The lowest BCUT2D eigenvalue weighted by Gasteiger charge is -2.40. The molecule has 7 heteroatoms. The van der Waals surface area contributed by atoms with Crippen LogP contribution in [0.2, 0.25) is 45.3 Å². The molecule has 0 aromatic rings. The maximum atomic E-state index is 10.6. The minimum absolute atomic E-state index is 0.297. The Labute approximate surface area is 159 Å². The zero-order valence-electron chi connectivity index (χ0n) is 17.9. The van der Waals surface area contributed by atoms with Crippen LogP contribution in [0.4, 0.5) is 0 Å². The smallest absolute Gasteiger partial charge is 0.311 e. The van der Waals surface area contributed by atoms with Gasteiger partial charge in [-0.05, 0) is 58.2 Å². The highest BCUT2D eigenvalue weighted by molar-refractivity contribution is 6.88. The summed E-state index contributed by atoms with van der Waals surface area (Å²) in [6.07, 6.45) is 8.62. The Morgan fingerprint density at radius 1 is 0.800 bits per heavy atom. The molecule has 0 radical (unpaired) electrons. The highest BCUT2D eigenvalue weighted by Crippen LogP contribution is 2.27. The van der Waals surface area contributed by atoms with Crippen LogP contribution in [0.15, 0.2) is 0 Å². The fourth-order valence-electron chi connectivity index (χ4n) is 3.39. The van der Waals surface area contributed by atoms with E-state index in [1.165, 1.54) is 25.7 Å². The summed E-state index contributed by atoms with van der Waals surface area (Å²) in [5.41, 5.74) is -0.308.